The Hall–Kier alpha value is -2.67. The second-order valence-corrected chi connectivity index (χ2v) is 9.41. The molecule has 11 nitrogen and oxygen atoms in total. The van der Waals surface area contributed by atoms with Crippen LogP contribution in [0.15, 0.2) is 36.7 Å². The highest BCUT2D eigenvalue weighted by atomic mass is 32.2. The Kier molecular flexibility index (Phi) is 5.52. The lowest BCUT2D eigenvalue weighted by atomic mass is 10.3. The number of hydrogen-bond acceptors (Lipinski definition) is 8. The molecule has 2 saturated heterocycles. The van der Waals surface area contributed by atoms with E-state index in [2.05, 4.69) is 20.1 Å². The summed E-state index contributed by atoms with van der Waals surface area (Å²) in [6, 6.07) is 7.54. The van der Waals surface area contributed by atoms with Crippen LogP contribution in [0.4, 0.5) is 5.82 Å². The van der Waals surface area contributed by atoms with Crippen molar-refractivity contribution in [1.82, 2.24) is 33.4 Å². The number of rotatable bonds is 4. The topological polar surface area (TPSA) is 109 Å². The standard InChI is InChI=1S/C19H24N8O3S/c28-31(29,26-11-13-30-14-12-26)25-8-2-7-24(9-10-25)18-5-4-17-21-22-19(27(17)23-18)16-3-1-6-20-15-16/h1,3-6,15H,2,7-14H2. The smallest absolute Gasteiger partial charge is 0.282 e. The maximum atomic E-state index is 13.0. The van der Waals surface area contributed by atoms with Gasteiger partial charge in [0, 0.05) is 57.2 Å². The molecule has 3 aromatic rings. The van der Waals surface area contributed by atoms with E-state index in [1.165, 1.54) is 4.31 Å². The van der Waals surface area contributed by atoms with E-state index in [4.69, 9.17) is 9.84 Å². The van der Waals surface area contributed by atoms with Crippen molar-refractivity contribution in [2.75, 3.05) is 57.4 Å². The molecule has 2 aliphatic heterocycles. The van der Waals surface area contributed by atoms with E-state index >= 15 is 0 Å². The molecule has 3 aromatic heterocycles. The van der Waals surface area contributed by atoms with E-state index in [9.17, 15) is 8.42 Å². The van der Waals surface area contributed by atoms with Crippen LogP contribution < -0.4 is 4.90 Å². The van der Waals surface area contributed by atoms with E-state index in [1.54, 1.807) is 21.2 Å². The first kappa shape index (κ1) is 20.2. The minimum absolute atomic E-state index is 0.408. The molecule has 0 bridgehead atoms. The number of anilines is 1. The molecule has 0 saturated carbocycles. The van der Waals surface area contributed by atoms with Gasteiger partial charge in [-0.3, -0.25) is 4.98 Å². The highest BCUT2D eigenvalue weighted by molar-refractivity contribution is 7.86. The van der Waals surface area contributed by atoms with Crippen LogP contribution in [0.5, 0.6) is 0 Å². The first-order valence-corrected chi connectivity index (χ1v) is 11.7. The van der Waals surface area contributed by atoms with Crippen molar-refractivity contribution in [2.45, 2.75) is 6.42 Å². The molecule has 0 radical (unpaired) electrons. The van der Waals surface area contributed by atoms with E-state index in [1.807, 2.05) is 24.3 Å². The second-order valence-electron chi connectivity index (χ2n) is 7.49. The summed E-state index contributed by atoms with van der Waals surface area (Å²) in [4.78, 5) is 6.26. The lowest BCUT2D eigenvalue weighted by molar-refractivity contribution is 0.0703. The summed E-state index contributed by atoms with van der Waals surface area (Å²) in [6.07, 6.45) is 4.16. The summed E-state index contributed by atoms with van der Waals surface area (Å²) in [7, 11) is -3.48. The van der Waals surface area contributed by atoms with Gasteiger partial charge in [0.15, 0.2) is 11.5 Å². The zero-order valence-electron chi connectivity index (χ0n) is 17.0. The Labute approximate surface area is 180 Å². The van der Waals surface area contributed by atoms with Crippen molar-refractivity contribution < 1.29 is 13.2 Å². The van der Waals surface area contributed by atoms with Gasteiger partial charge in [0.05, 0.1) is 13.2 Å². The van der Waals surface area contributed by atoms with E-state index in [-0.39, 0.29) is 0 Å². The van der Waals surface area contributed by atoms with Crippen LogP contribution in [0.25, 0.3) is 17.0 Å². The summed E-state index contributed by atoms with van der Waals surface area (Å²) in [6.45, 7) is 3.90. The molecule has 31 heavy (non-hydrogen) atoms. The fraction of sp³-hybridized carbons (Fsp3) is 0.474. The van der Waals surface area contributed by atoms with Gasteiger partial charge in [-0.2, -0.15) is 21.5 Å². The molecular formula is C19H24N8O3S. The monoisotopic (exact) mass is 444 g/mol. The molecule has 0 spiro atoms. The number of hydrogen-bond donors (Lipinski definition) is 0. The molecule has 0 aromatic carbocycles. The zero-order valence-corrected chi connectivity index (χ0v) is 17.9. The maximum Gasteiger partial charge on any atom is 0.282 e. The Balaban J connectivity index is 1.36. The van der Waals surface area contributed by atoms with Crippen LogP contribution in [0.3, 0.4) is 0 Å². The second kappa shape index (κ2) is 8.46. The molecule has 0 amide bonds. The average molecular weight is 445 g/mol. The molecule has 0 aliphatic carbocycles. The van der Waals surface area contributed by atoms with Gasteiger partial charge in [0.1, 0.15) is 5.82 Å². The van der Waals surface area contributed by atoms with Crippen molar-refractivity contribution >= 4 is 21.7 Å². The molecule has 0 N–H and O–H groups in total. The van der Waals surface area contributed by atoms with Gasteiger partial charge in [0.25, 0.3) is 10.2 Å². The van der Waals surface area contributed by atoms with E-state index in [0.29, 0.717) is 57.4 Å². The first-order chi connectivity index (χ1) is 15.1. The van der Waals surface area contributed by atoms with Gasteiger partial charge in [-0.05, 0) is 30.7 Å². The molecule has 0 unspecified atom stereocenters. The summed E-state index contributed by atoms with van der Waals surface area (Å²) in [5.41, 5.74) is 1.48. The van der Waals surface area contributed by atoms with Crippen molar-refractivity contribution in [3.8, 4) is 11.4 Å². The molecule has 2 fully saturated rings. The van der Waals surface area contributed by atoms with Crippen LogP contribution in [-0.4, -0.2) is 94.3 Å². The summed E-state index contributed by atoms with van der Waals surface area (Å²) < 4.78 is 36.1. The van der Waals surface area contributed by atoms with Crippen molar-refractivity contribution in [2.24, 2.45) is 0 Å². The Morgan fingerprint density at radius 1 is 0.903 bits per heavy atom. The Bertz CT molecular complexity index is 1150. The normalized spacial score (nSPS) is 19.5. The van der Waals surface area contributed by atoms with Crippen LogP contribution in [0.2, 0.25) is 0 Å². The van der Waals surface area contributed by atoms with Gasteiger partial charge in [-0.25, -0.2) is 0 Å². The summed E-state index contributed by atoms with van der Waals surface area (Å²) >= 11 is 0. The third-order valence-electron chi connectivity index (χ3n) is 5.57. The predicted molar refractivity (Wildman–Crippen MR) is 114 cm³/mol. The van der Waals surface area contributed by atoms with E-state index in [0.717, 1.165) is 24.3 Å². The average Bonchev–Trinajstić information content (AvgIpc) is 3.07. The van der Waals surface area contributed by atoms with Crippen LogP contribution in [-0.2, 0) is 14.9 Å². The molecule has 164 valence electrons. The predicted octanol–water partition coefficient (Wildman–Crippen LogP) is 0.275. The Morgan fingerprint density at radius 2 is 1.74 bits per heavy atom. The van der Waals surface area contributed by atoms with E-state index < -0.39 is 10.2 Å². The van der Waals surface area contributed by atoms with Crippen molar-refractivity contribution in [3.63, 3.8) is 0 Å². The number of nitrogens with zero attached hydrogens (tertiary/aromatic N) is 8. The number of fused-ring (bicyclic) bond motifs is 1. The van der Waals surface area contributed by atoms with Crippen molar-refractivity contribution in [3.05, 3.63) is 36.7 Å². The minimum atomic E-state index is -3.48. The summed E-state index contributed by atoms with van der Waals surface area (Å²) in [5.74, 6) is 1.39. The summed E-state index contributed by atoms with van der Waals surface area (Å²) in [5, 5.41) is 13.2. The number of aromatic nitrogens is 5. The number of ether oxygens (including phenoxy) is 1. The molecular weight excluding hydrogens is 420 g/mol. The zero-order chi connectivity index (χ0) is 21.3. The van der Waals surface area contributed by atoms with Gasteiger partial charge in [-0.1, -0.05) is 0 Å². The number of morpholine rings is 1. The highest BCUT2D eigenvalue weighted by Crippen LogP contribution is 2.21. The Morgan fingerprint density at radius 3 is 2.55 bits per heavy atom. The van der Waals surface area contributed by atoms with Gasteiger partial charge in [0.2, 0.25) is 0 Å². The lowest BCUT2D eigenvalue weighted by Crippen LogP contribution is -2.49. The fourth-order valence-electron chi connectivity index (χ4n) is 3.92. The first-order valence-electron chi connectivity index (χ1n) is 10.3. The molecule has 2 aliphatic rings. The third-order valence-corrected chi connectivity index (χ3v) is 7.61. The minimum Gasteiger partial charge on any atom is -0.379 e. The SMILES string of the molecule is O=S(=O)(N1CCOCC1)N1CCCN(c2ccc3nnc(-c4cccnc4)n3n2)CC1. The fourth-order valence-corrected chi connectivity index (χ4v) is 5.53. The van der Waals surface area contributed by atoms with Gasteiger partial charge in [-0.15, -0.1) is 15.3 Å². The molecule has 12 heteroatoms. The third kappa shape index (κ3) is 3.99. The van der Waals surface area contributed by atoms with Crippen LogP contribution in [0.1, 0.15) is 6.42 Å². The quantitative estimate of drug-likeness (QED) is 0.564. The largest absolute Gasteiger partial charge is 0.379 e. The highest BCUT2D eigenvalue weighted by Gasteiger charge is 2.32. The van der Waals surface area contributed by atoms with Gasteiger partial charge < -0.3 is 9.64 Å². The lowest BCUT2D eigenvalue weighted by Gasteiger charge is -2.31. The number of pyridine rings is 1. The molecule has 0 atom stereocenters. The molecule has 5 heterocycles. The van der Waals surface area contributed by atoms with Crippen LogP contribution in [0, 0.1) is 0 Å². The molecule has 5 rings (SSSR count). The van der Waals surface area contributed by atoms with Gasteiger partial charge >= 0.3 is 0 Å². The van der Waals surface area contributed by atoms with Crippen LogP contribution >= 0.6 is 0 Å². The maximum absolute atomic E-state index is 13.0. The van der Waals surface area contributed by atoms with Crippen molar-refractivity contribution in [1.29, 1.82) is 0 Å².